The minimum absolute atomic E-state index is 0.801. The zero-order chi connectivity index (χ0) is 9.80. The summed E-state index contributed by atoms with van der Waals surface area (Å²) in [4.78, 5) is 4.23. The molecule has 1 aromatic rings. The molecular formula is C10H8BrN3. The largest absolute Gasteiger partial charge is 0.285 e. The molecule has 2 rings (SSSR count). The number of pyridine rings is 1. The van der Waals surface area contributed by atoms with Crippen LogP contribution in [0.2, 0.25) is 0 Å². The SMILES string of the molecule is BrC1=CC=CNN=C1c1ccccn1. The fraction of sp³-hybridized carbons (Fsp3) is 0. The van der Waals surface area contributed by atoms with Crippen LogP contribution >= 0.6 is 15.9 Å². The lowest BCUT2D eigenvalue weighted by molar-refractivity contribution is 0.969. The van der Waals surface area contributed by atoms with Crippen LogP contribution in [-0.4, -0.2) is 10.7 Å². The fourth-order valence-corrected chi connectivity index (χ4v) is 1.54. The van der Waals surface area contributed by atoms with E-state index in [1.54, 1.807) is 12.4 Å². The molecule has 0 amide bonds. The maximum Gasteiger partial charge on any atom is 0.123 e. The van der Waals surface area contributed by atoms with Gasteiger partial charge in [-0.15, -0.1) is 0 Å². The fourth-order valence-electron chi connectivity index (χ4n) is 1.09. The second-order valence-electron chi connectivity index (χ2n) is 2.68. The first-order valence-electron chi connectivity index (χ1n) is 4.15. The molecular weight excluding hydrogens is 242 g/mol. The van der Waals surface area contributed by atoms with Gasteiger partial charge < -0.3 is 0 Å². The van der Waals surface area contributed by atoms with E-state index < -0.39 is 0 Å². The van der Waals surface area contributed by atoms with Gasteiger partial charge in [-0.1, -0.05) is 6.07 Å². The Balaban J connectivity index is 2.40. The molecule has 0 unspecified atom stereocenters. The zero-order valence-corrected chi connectivity index (χ0v) is 8.90. The molecule has 1 aliphatic rings. The van der Waals surface area contributed by atoms with Gasteiger partial charge in [0.25, 0.3) is 0 Å². The van der Waals surface area contributed by atoms with Crippen molar-refractivity contribution in [2.75, 3.05) is 0 Å². The smallest absolute Gasteiger partial charge is 0.123 e. The Bertz CT molecular complexity index is 407. The van der Waals surface area contributed by atoms with Gasteiger partial charge in [-0.3, -0.25) is 10.4 Å². The summed E-state index contributed by atoms with van der Waals surface area (Å²) in [6.45, 7) is 0. The van der Waals surface area contributed by atoms with Crippen molar-refractivity contribution in [3.05, 3.63) is 52.9 Å². The van der Waals surface area contributed by atoms with Gasteiger partial charge in [0, 0.05) is 16.9 Å². The highest BCUT2D eigenvalue weighted by molar-refractivity contribution is 9.12. The molecule has 2 heterocycles. The lowest BCUT2D eigenvalue weighted by Crippen LogP contribution is -2.07. The summed E-state index contributed by atoms with van der Waals surface area (Å²) in [5.74, 6) is 0. The number of hydrogen-bond acceptors (Lipinski definition) is 3. The van der Waals surface area contributed by atoms with Crippen LogP contribution in [0.15, 0.2) is 52.3 Å². The Kier molecular flexibility index (Phi) is 2.74. The third-order valence-corrected chi connectivity index (χ3v) is 2.36. The summed E-state index contributed by atoms with van der Waals surface area (Å²) in [7, 11) is 0. The molecule has 0 saturated heterocycles. The second-order valence-corrected chi connectivity index (χ2v) is 3.53. The van der Waals surface area contributed by atoms with Gasteiger partial charge in [-0.25, -0.2) is 0 Å². The predicted molar refractivity (Wildman–Crippen MR) is 60.1 cm³/mol. The summed E-state index contributed by atoms with van der Waals surface area (Å²) in [5.41, 5.74) is 4.45. The average Bonchev–Trinajstić information content (AvgIpc) is 2.44. The van der Waals surface area contributed by atoms with Crippen LogP contribution in [0.3, 0.4) is 0 Å². The van der Waals surface area contributed by atoms with E-state index in [0.29, 0.717) is 0 Å². The van der Waals surface area contributed by atoms with Gasteiger partial charge in [-0.2, -0.15) is 5.10 Å². The first-order chi connectivity index (χ1) is 6.88. The van der Waals surface area contributed by atoms with Crippen LogP contribution in [0.1, 0.15) is 5.69 Å². The average molecular weight is 250 g/mol. The summed E-state index contributed by atoms with van der Waals surface area (Å²) in [6, 6.07) is 5.73. The van der Waals surface area contributed by atoms with E-state index in [1.807, 2.05) is 30.4 Å². The van der Waals surface area contributed by atoms with Crippen molar-refractivity contribution < 1.29 is 0 Å². The Hall–Kier alpha value is -1.42. The van der Waals surface area contributed by atoms with Gasteiger partial charge in [0.2, 0.25) is 0 Å². The summed E-state index contributed by atoms with van der Waals surface area (Å²) in [6.07, 6.45) is 7.31. The van der Waals surface area contributed by atoms with Crippen molar-refractivity contribution in [3.8, 4) is 0 Å². The number of hydrazone groups is 1. The van der Waals surface area contributed by atoms with Crippen LogP contribution < -0.4 is 5.43 Å². The third kappa shape index (κ3) is 1.90. The lowest BCUT2D eigenvalue weighted by Gasteiger charge is -2.02. The van der Waals surface area contributed by atoms with E-state index in [-0.39, 0.29) is 0 Å². The van der Waals surface area contributed by atoms with Crippen molar-refractivity contribution in [3.63, 3.8) is 0 Å². The van der Waals surface area contributed by atoms with E-state index in [2.05, 4.69) is 31.4 Å². The van der Waals surface area contributed by atoms with Crippen molar-refractivity contribution >= 4 is 21.6 Å². The Labute approximate surface area is 90.4 Å². The molecule has 14 heavy (non-hydrogen) atoms. The molecule has 70 valence electrons. The number of hydrogen-bond donors (Lipinski definition) is 1. The lowest BCUT2D eigenvalue weighted by atomic mass is 10.2. The van der Waals surface area contributed by atoms with Crippen molar-refractivity contribution in [1.82, 2.24) is 10.4 Å². The molecule has 1 aliphatic heterocycles. The van der Waals surface area contributed by atoms with Crippen LogP contribution in [0, 0.1) is 0 Å². The maximum atomic E-state index is 4.23. The monoisotopic (exact) mass is 249 g/mol. The van der Waals surface area contributed by atoms with E-state index in [0.717, 1.165) is 15.9 Å². The van der Waals surface area contributed by atoms with Crippen molar-refractivity contribution in [2.45, 2.75) is 0 Å². The molecule has 0 atom stereocenters. The molecule has 0 saturated carbocycles. The number of nitrogens with zero attached hydrogens (tertiary/aromatic N) is 2. The first-order valence-corrected chi connectivity index (χ1v) is 4.94. The highest BCUT2D eigenvalue weighted by Gasteiger charge is 2.08. The normalized spacial score (nSPS) is 15.2. The predicted octanol–water partition coefficient (Wildman–Crippen LogP) is 2.18. The number of rotatable bonds is 1. The van der Waals surface area contributed by atoms with E-state index in [4.69, 9.17) is 0 Å². The number of aromatic nitrogens is 1. The van der Waals surface area contributed by atoms with E-state index >= 15 is 0 Å². The highest BCUT2D eigenvalue weighted by Crippen LogP contribution is 2.14. The van der Waals surface area contributed by atoms with Crippen molar-refractivity contribution in [2.24, 2.45) is 5.10 Å². The quantitative estimate of drug-likeness (QED) is 0.829. The van der Waals surface area contributed by atoms with E-state index in [9.17, 15) is 0 Å². The molecule has 0 aromatic carbocycles. The van der Waals surface area contributed by atoms with Crippen LogP contribution in [0.25, 0.3) is 0 Å². The maximum absolute atomic E-state index is 4.23. The molecule has 0 spiro atoms. The number of nitrogens with one attached hydrogen (secondary N) is 1. The first kappa shape index (κ1) is 9.15. The van der Waals surface area contributed by atoms with Crippen LogP contribution in [0.5, 0.6) is 0 Å². The van der Waals surface area contributed by atoms with Gasteiger partial charge in [0.05, 0.1) is 5.69 Å². The summed E-state index contributed by atoms with van der Waals surface area (Å²) >= 11 is 3.44. The molecule has 4 heteroatoms. The van der Waals surface area contributed by atoms with Gasteiger partial charge >= 0.3 is 0 Å². The minimum atomic E-state index is 0.801. The highest BCUT2D eigenvalue weighted by atomic mass is 79.9. The standard InChI is InChI=1S/C10H8BrN3/c11-8-4-3-7-13-14-10(8)9-5-1-2-6-12-9/h1-7,13H. The Morgan fingerprint density at radius 2 is 2.21 bits per heavy atom. The zero-order valence-electron chi connectivity index (χ0n) is 7.31. The molecule has 0 radical (unpaired) electrons. The van der Waals surface area contributed by atoms with Gasteiger partial charge in [0.15, 0.2) is 0 Å². The topological polar surface area (TPSA) is 37.3 Å². The third-order valence-electron chi connectivity index (χ3n) is 1.72. The van der Waals surface area contributed by atoms with Crippen LogP contribution in [-0.2, 0) is 0 Å². The Morgan fingerprint density at radius 3 is 3.00 bits per heavy atom. The second kappa shape index (κ2) is 4.19. The molecule has 1 N–H and O–H groups in total. The van der Waals surface area contributed by atoms with Gasteiger partial charge in [-0.05, 0) is 40.2 Å². The molecule has 0 aliphatic carbocycles. The number of halogens is 1. The van der Waals surface area contributed by atoms with Gasteiger partial charge in [0.1, 0.15) is 5.71 Å². The van der Waals surface area contributed by atoms with Crippen LogP contribution in [0.4, 0.5) is 0 Å². The van der Waals surface area contributed by atoms with E-state index in [1.165, 1.54) is 0 Å². The summed E-state index contributed by atoms with van der Waals surface area (Å²) < 4.78 is 0.914. The molecule has 1 aromatic heterocycles. The summed E-state index contributed by atoms with van der Waals surface area (Å²) in [5, 5.41) is 4.18. The molecule has 3 nitrogen and oxygen atoms in total. The minimum Gasteiger partial charge on any atom is -0.285 e. The molecule has 0 fully saturated rings. The van der Waals surface area contributed by atoms with Crippen molar-refractivity contribution in [1.29, 1.82) is 0 Å². The Morgan fingerprint density at radius 1 is 1.29 bits per heavy atom. The molecule has 0 bridgehead atoms. The number of allylic oxidation sites excluding steroid dienone is 3.